The van der Waals surface area contributed by atoms with Crippen LogP contribution in [0.4, 0.5) is 5.69 Å². The fraction of sp³-hybridized carbons (Fsp3) is 0.304. The molecule has 1 aromatic carbocycles. The molecule has 0 aliphatic carbocycles. The van der Waals surface area contributed by atoms with Crippen molar-refractivity contribution < 1.29 is 33.6 Å². The third kappa shape index (κ3) is 5.57. The summed E-state index contributed by atoms with van der Waals surface area (Å²) in [6, 6.07) is 8.40. The Morgan fingerprint density at radius 1 is 1.17 bits per heavy atom. The minimum absolute atomic E-state index is 0.0179. The molecule has 2 aliphatic rings. The summed E-state index contributed by atoms with van der Waals surface area (Å²) in [5, 5.41) is 14.9. The molecule has 2 unspecified atom stereocenters. The number of esters is 2. The number of nitro benzene ring substituents is 1. The number of thiophene rings is 1. The quantitative estimate of drug-likeness (QED) is 0.223. The maximum atomic E-state index is 13.1. The second kappa shape index (κ2) is 10.9. The largest absolute Gasteiger partial charge is 0.461 e. The maximum Gasteiger partial charge on any atom is 0.355 e. The van der Waals surface area contributed by atoms with Crippen LogP contribution in [-0.4, -0.2) is 57.4 Å². The van der Waals surface area contributed by atoms with Gasteiger partial charge in [-0.25, -0.2) is 4.79 Å². The van der Waals surface area contributed by atoms with Crippen LogP contribution in [0, 0.1) is 10.1 Å². The van der Waals surface area contributed by atoms with E-state index >= 15 is 0 Å². The number of ether oxygens (including phenoxy) is 2. The normalized spacial score (nSPS) is 18.7. The molecule has 2 atom stereocenters. The Morgan fingerprint density at radius 3 is 2.56 bits per heavy atom. The summed E-state index contributed by atoms with van der Waals surface area (Å²) in [5.74, 6) is -1.80. The highest BCUT2D eigenvalue weighted by molar-refractivity contribution is 8.00. The van der Waals surface area contributed by atoms with Crippen LogP contribution in [0.5, 0.6) is 0 Å². The van der Waals surface area contributed by atoms with Gasteiger partial charge < -0.3 is 14.8 Å². The zero-order valence-electron chi connectivity index (χ0n) is 19.0. The van der Waals surface area contributed by atoms with Gasteiger partial charge in [-0.2, -0.15) is 0 Å². The van der Waals surface area contributed by atoms with E-state index < -0.39 is 34.2 Å². The fourth-order valence-corrected chi connectivity index (χ4v) is 5.73. The van der Waals surface area contributed by atoms with Gasteiger partial charge in [-0.1, -0.05) is 6.07 Å². The van der Waals surface area contributed by atoms with Crippen molar-refractivity contribution in [3.8, 4) is 0 Å². The van der Waals surface area contributed by atoms with Gasteiger partial charge in [0, 0.05) is 35.3 Å². The Bertz CT molecular complexity index is 1230. The summed E-state index contributed by atoms with van der Waals surface area (Å²) in [5.41, 5.74) is 0.820. The Hall–Kier alpha value is -3.71. The van der Waals surface area contributed by atoms with Gasteiger partial charge >= 0.3 is 11.9 Å². The molecule has 13 heteroatoms. The van der Waals surface area contributed by atoms with Crippen molar-refractivity contribution in [1.29, 1.82) is 0 Å². The van der Waals surface area contributed by atoms with Crippen LogP contribution in [0.3, 0.4) is 0 Å². The molecule has 1 N–H and O–H groups in total. The SMILES string of the molecule is CC(=O)OCC1=C(C(=O)OCc2ccc([N+](=O)[O-])cc2)N2C(=O)C(NC(=O)Cc3cccs3)C2SC1. The van der Waals surface area contributed by atoms with Gasteiger partial charge in [0.25, 0.3) is 11.6 Å². The van der Waals surface area contributed by atoms with Gasteiger partial charge in [0.05, 0.1) is 11.3 Å². The number of rotatable bonds is 9. The van der Waals surface area contributed by atoms with Crippen molar-refractivity contribution in [2.24, 2.45) is 0 Å². The van der Waals surface area contributed by atoms with E-state index in [-0.39, 0.29) is 36.9 Å². The molecule has 2 aromatic rings. The molecule has 2 aliphatic heterocycles. The number of fused-ring (bicyclic) bond motifs is 1. The smallest absolute Gasteiger partial charge is 0.355 e. The number of carbonyl (C=O) groups excluding carboxylic acids is 4. The molecule has 4 rings (SSSR count). The first-order valence-electron chi connectivity index (χ1n) is 10.8. The fourth-order valence-electron chi connectivity index (χ4n) is 3.70. The molecule has 0 saturated carbocycles. The number of hydrogen-bond acceptors (Lipinski definition) is 10. The number of nitrogens with zero attached hydrogens (tertiary/aromatic N) is 2. The molecule has 1 fully saturated rings. The topological polar surface area (TPSA) is 145 Å². The maximum absolute atomic E-state index is 13.1. The predicted molar refractivity (Wildman–Crippen MR) is 130 cm³/mol. The summed E-state index contributed by atoms with van der Waals surface area (Å²) >= 11 is 2.79. The average Bonchev–Trinajstić information content (AvgIpc) is 3.37. The summed E-state index contributed by atoms with van der Waals surface area (Å²) in [6.07, 6.45) is 0.149. The molecule has 0 spiro atoms. The molecule has 1 aromatic heterocycles. The second-order valence-electron chi connectivity index (χ2n) is 7.94. The summed E-state index contributed by atoms with van der Waals surface area (Å²) in [7, 11) is 0. The van der Waals surface area contributed by atoms with Crippen molar-refractivity contribution in [3.63, 3.8) is 0 Å². The van der Waals surface area contributed by atoms with E-state index in [1.54, 1.807) is 0 Å². The minimum atomic E-state index is -0.796. The van der Waals surface area contributed by atoms with Crippen LogP contribution in [0.15, 0.2) is 53.0 Å². The molecule has 36 heavy (non-hydrogen) atoms. The molecule has 0 radical (unpaired) electrons. The zero-order chi connectivity index (χ0) is 25.8. The molecular weight excluding hydrogens is 510 g/mol. The second-order valence-corrected chi connectivity index (χ2v) is 10.1. The van der Waals surface area contributed by atoms with Crippen LogP contribution in [0.2, 0.25) is 0 Å². The van der Waals surface area contributed by atoms with Crippen LogP contribution in [0.25, 0.3) is 0 Å². The van der Waals surface area contributed by atoms with E-state index in [9.17, 15) is 29.3 Å². The van der Waals surface area contributed by atoms with E-state index in [4.69, 9.17) is 9.47 Å². The van der Waals surface area contributed by atoms with Crippen LogP contribution in [0.1, 0.15) is 17.4 Å². The number of non-ortho nitro benzene ring substituents is 1. The van der Waals surface area contributed by atoms with Gasteiger partial charge in [-0.3, -0.25) is 29.4 Å². The van der Waals surface area contributed by atoms with Gasteiger partial charge in [0.1, 0.15) is 30.3 Å². The molecular formula is C23H21N3O8S2. The van der Waals surface area contributed by atoms with E-state index in [2.05, 4.69) is 5.32 Å². The number of β-lactam (4-membered cyclic amide) rings is 1. The highest BCUT2D eigenvalue weighted by Gasteiger charge is 2.54. The van der Waals surface area contributed by atoms with Gasteiger partial charge in [0.2, 0.25) is 5.91 Å². The van der Waals surface area contributed by atoms with Gasteiger partial charge in [0.15, 0.2) is 0 Å². The number of amides is 2. The summed E-state index contributed by atoms with van der Waals surface area (Å²) in [6.45, 7) is 0.873. The third-order valence-corrected chi connectivity index (χ3v) is 7.65. The van der Waals surface area contributed by atoms with Crippen LogP contribution < -0.4 is 5.32 Å². The van der Waals surface area contributed by atoms with Gasteiger partial charge in [-0.05, 0) is 29.1 Å². The van der Waals surface area contributed by atoms with E-state index in [0.717, 1.165) is 4.88 Å². The molecule has 1 saturated heterocycles. The summed E-state index contributed by atoms with van der Waals surface area (Å²) < 4.78 is 10.5. The first-order valence-corrected chi connectivity index (χ1v) is 12.7. The number of carbonyl (C=O) groups is 4. The average molecular weight is 532 g/mol. The molecule has 0 bridgehead atoms. The Morgan fingerprint density at radius 2 is 1.92 bits per heavy atom. The monoisotopic (exact) mass is 531 g/mol. The Kier molecular flexibility index (Phi) is 7.70. The first kappa shape index (κ1) is 25.4. The zero-order valence-corrected chi connectivity index (χ0v) is 20.6. The predicted octanol–water partition coefficient (Wildman–Crippen LogP) is 2.16. The van der Waals surface area contributed by atoms with Gasteiger partial charge in [-0.15, -0.1) is 23.1 Å². The highest BCUT2D eigenvalue weighted by atomic mass is 32.2. The number of hydrogen-bond donors (Lipinski definition) is 1. The third-order valence-electron chi connectivity index (χ3n) is 5.44. The van der Waals surface area contributed by atoms with E-state index in [1.165, 1.54) is 59.2 Å². The lowest BCUT2D eigenvalue weighted by atomic mass is 10.0. The lowest BCUT2D eigenvalue weighted by Gasteiger charge is -2.49. The van der Waals surface area contributed by atoms with Crippen LogP contribution in [-0.2, 0) is 41.7 Å². The Labute approximate surface area is 213 Å². The lowest BCUT2D eigenvalue weighted by molar-refractivity contribution is -0.384. The highest BCUT2D eigenvalue weighted by Crippen LogP contribution is 2.41. The van der Waals surface area contributed by atoms with Crippen molar-refractivity contribution in [3.05, 3.63) is 73.6 Å². The Balaban J connectivity index is 1.46. The molecule has 188 valence electrons. The standard InChI is InChI=1S/C23H21N3O8S2/c1-13(27)33-11-15-12-36-22-19(24-18(28)9-17-3-2-8-35-17)21(29)25(22)20(15)23(30)34-10-14-4-6-16(7-5-14)26(31)32/h2-8,19,22H,9-12H2,1H3,(H,24,28). The number of thioether (sulfide) groups is 1. The first-order chi connectivity index (χ1) is 17.2. The van der Waals surface area contributed by atoms with Crippen LogP contribution >= 0.6 is 23.1 Å². The minimum Gasteiger partial charge on any atom is -0.461 e. The number of benzene rings is 1. The van der Waals surface area contributed by atoms with E-state index in [0.29, 0.717) is 16.9 Å². The summed E-state index contributed by atoms with van der Waals surface area (Å²) in [4.78, 5) is 62.2. The van der Waals surface area contributed by atoms with Crippen molar-refractivity contribution >= 4 is 52.5 Å². The number of nitrogens with one attached hydrogen (secondary N) is 1. The van der Waals surface area contributed by atoms with E-state index in [1.807, 2.05) is 17.5 Å². The van der Waals surface area contributed by atoms with Crippen molar-refractivity contribution in [1.82, 2.24) is 10.2 Å². The molecule has 11 nitrogen and oxygen atoms in total. The number of nitro groups is 1. The van der Waals surface area contributed by atoms with Crippen molar-refractivity contribution in [2.45, 2.75) is 31.4 Å². The molecule has 2 amide bonds. The lowest BCUT2D eigenvalue weighted by Crippen LogP contribution is -2.70. The van der Waals surface area contributed by atoms with Crippen molar-refractivity contribution in [2.75, 3.05) is 12.4 Å². The molecule has 3 heterocycles.